The number of hydrogen-bond donors (Lipinski definition) is 2. The summed E-state index contributed by atoms with van der Waals surface area (Å²) in [7, 11) is 0. The minimum atomic E-state index is -0.441. The molecular weight excluding hydrogens is 368 g/mol. The van der Waals surface area contributed by atoms with E-state index in [0.717, 1.165) is 36.8 Å². The quantitative estimate of drug-likeness (QED) is 0.692. The molecule has 0 bridgehead atoms. The number of aryl methyl sites for hydroxylation is 1. The fraction of sp³-hybridized carbons (Fsp3) is 0.478. The Labute approximate surface area is 171 Å². The predicted octanol–water partition coefficient (Wildman–Crippen LogP) is 4.96. The van der Waals surface area contributed by atoms with Gasteiger partial charge in [-0.1, -0.05) is 57.5 Å². The Morgan fingerprint density at radius 1 is 1.25 bits per heavy atom. The van der Waals surface area contributed by atoms with Crippen LogP contribution >= 0.6 is 11.3 Å². The van der Waals surface area contributed by atoms with E-state index in [1.54, 1.807) is 0 Å². The Morgan fingerprint density at radius 3 is 2.61 bits per heavy atom. The summed E-state index contributed by atoms with van der Waals surface area (Å²) in [5.74, 6) is 0.0745. The highest BCUT2D eigenvalue weighted by atomic mass is 32.1. The van der Waals surface area contributed by atoms with Crippen LogP contribution in [0.3, 0.4) is 0 Å². The SMILES string of the molecule is CCC(C)(C)C1CCc2c(sc(NC(=O)CCc3ccccc3)c2C(N)=O)C1. The number of carbonyl (C=O) groups is 2. The van der Waals surface area contributed by atoms with E-state index in [1.165, 1.54) is 16.2 Å². The number of nitrogens with two attached hydrogens (primary N) is 1. The predicted molar refractivity (Wildman–Crippen MR) is 116 cm³/mol. The molecule has 1 atom stereocenters. The molecule has 3 N–H and O–H groups in total. The van der Waals surface area contributed by atoms with Crippen LogP contribution in [0.5, 0.6) is 0 Å². The van der Waals surface area contributed by atoms with E-state index in [-0.39, 0.29) is 11.3 Å². The molecule has 5 heteroatoms. The molecule has 0 saturated heterocycles. The number of benzene rings is 1. The number of amides is 2. The van der Waals surface area contributed by atoms with Gasteiger partial charge in [0.2, 0.25) is 5.91 Å². The summed E-state index contributed by atoms with van der Waals surface area (Å²) < 4.78 is 0. The van der Waals surface area contributed by atoms with Crippen molar-refractivity contribution in [2.45, 2.75) is 59.3 Å². The maximum Gasteiger partial charge on any atom is 0.251 e. The molecule has 4 nitrogen and oxygen atoms in total. The molecular formula is C23H30N2O2S. The van der Waals surface area contributed by atoms with Gasteiger partial charge >= 0.3 is 0 Å². The van der Waals surface area contributed by atoms with Gasteiger partial charge in [-0.25, -0.2) is 0 Å². The molecule has 2 aromatic rings. The zero-order valence-corrected chi connectivity index (χ0v) is 17.8. The molecule has 1 aromatic carbocycles. The van der Waals surface area contributed by atoms with Crippen molar-refractivity contribution < 1.29 is 9.59 Å². The first-order valence-electron chi connectivity index (χ1n) is 10.1. The zero-order valence-electron chi connectivity index (χ0n) is 17.0. The van der Waals surface area contributed by atoms with Gasteiger partial charge in [0, 0.05) is 11.3 Å². The van der Waals surface area contributed by atoms with Gasteiger partial charge in [-0.3, -0.25) is 9.59 Å². The number of nitrogens with one attached hydrogen (secondary N) is 1. The second kappa shape index (κ2) is 8.48. The zero-order chi connectivity index (χ0) is 20.3. The molecule has 1 aliphatic carbocycles. The van der Waals surface area contributed by atoms with E-state index in [9.17, 15) is 9.59 Å². The monoisotopic (exact) mass is 398 g/mol. The Kier molecular flexibility index (Phi) is 6.23. The third-order valence-corrected chi connectivity index (χ3v) is 7.43. The van der Waals surface area contributed by atoms with Gasteiger partial charge in [0.25, 0.3) is 5.91 Å². The number of fused-ring (bicyclic) bond motifs is 1. The van der Waals surface area contributed by atoms with Crippen LogP contribution in [0.25, 0.3) is 0 Å². The highest BCUT2D eigenvalue weighted by Crippen LogP contribution is 2.45. The van der Waals surface area contributed by atoms with Gasteiger partial charge in [0.15, 0.2) is 0 Å². The first-order valence-corrected chi connectivity index (χ1v) is 10.9. The molecule has 0 spiro atoms. The summed E-state index contributed by atoms with van der Waals surface area (Å²) in [6, 6.07) is 9.94. The van der Waals surface area contributed by atoms with Gasteiger partial charge < -0.3 is 11.1 Å². The first-order chi connectivity index (χ1) is 13.3. The minimum absolute atomic E-state index is 0.0737. The first kappa shape index (κ1) is 20.6. The maximum atomic E-state index is 12.5. The van der Waals surface area contributed by atoms with Crippen molar-refractivity contribution in [3.05, 3.63) is 51.9 Å². The highest BCUT2D eigenvalue weighted by Gasteiger charge is 2.34. The molecule has 1 aromatic heterocycles. The molecule has 1 unspecified atom stereocenters. The minimum Gasteiger partial charge on any atom is -0.365 e. The molecule has 3 rings (SSSR count). The number of thiophene rings is 1. The molecule has 28 heavy (non-hydrogen) atoms. The molecule has 1 aliphatic rings. The van der Waals surface area contributed by atoms with E-state index < -0.39 is 5.91 Å². The second-order valence-corrected chi connectivity index (χ2v) is 9.49. The maximum absolute atomic E-state index is 12.5. The molecule has 2 amide bonds. The summed E-state index contributed by atoms with van der Waals surface area (Å²) >= 11 is 1.54. The van der Waals surface area contributed by atoms with Gasteiger partial charge in [-0.05, 0) is 48.1 Å². The Morgan fingerprint density at radius 2 is 1.96 bits per heavy atom. The van der Waals surface area contributed by atoms with Gasteiger partial charge in [-0.15, -0.1) is 11.3 Å². The average molecular weight is 399 g/mol. The summed E-state index contributed by atoms with van der Waals surface area (Å²) in [5.41, 5.74) is 8.67. The van der Waals surface area contributed by atoms with Crippen LogP contribution in [0.4, 0.5) is 5.00 Å². The van der Waals surface area contributed by atoms with Crippen LogP contribution < -0.4 is 11.1 Å². The molecule has 150 valence electrons. The summed E-state index contributed by atoms with van der Waals surface area (Å²) in [6.07, 6.45) is 5.07. The Balaban J connectivity index is 1.75. The van der Waals surface area contributed by atoms with E-state index in [2.05, 4.69) is 26.1 Å². The lowest BCUT2D eigenvalue weighted by Gasteiger charge is -2.36. The summed E-state index contributed by atoms with van der Waals surface area (Å²) in [4.78, 5) is 25.8. The highest BCUT2D eigenvalue weighted by molar-refractivity contribution is 7.17. The third kappa shape index (κ3) is 4.46. The lowest BCUT2D eigenvalue weighted by atomic mass is 9.69. The lowest BCUT2D eigenvalue weighted by molar-refractivity contribution is -0.116. The average Bonchev–Trinajstić information content (AvgIpc) is 3.04. The second-order valence-electron chi connectivity index (χ2n) is 8.39. The van der Waals surface area contributed by atoms with E-state index >= 15 is 0 Å². The molecule has 0 radical (unpaired) electrons. The van der Waals surface area contributed by atoms with Crippen molar-refractivity contribution in [1.82, 2.24) is 0 Å². The van der Waals surface area contributed by atoms with Crippen LogP contribution in [0.15, 0.2) is 30.3 Å². The molecule has 0 fully saturated rings. The largest absolute Gasteiger partial charge is 0.365 e. The Bertz CT molecular complexity index is 855. The molecule has 0 saturated carbocycles. The van der Waals surface area contributed by atoms with Crippen LogP contribution in [-0.4, -0.2) is 11.8 Å². The van der Waals surface area contributed by atoms with Gasteiger partial charge in [0.1, 0.15) is 5.00 Å². The van der Waals surface area contributed by atoms with E-state index in [4.69, 9.17) is 5.73 Å². The number of carbonyl (C=O) groups excluding carboxylic acids is 2. The van der Waals surface area contributed by atoms with Gasteiger partial charge in [-0.2, -0.15) is 0 Å². The number of primary amides is 1. The van der Waals surface area contributed by atoms with Crippen molar-refractivity contribution in [3.8, 4) is 0 Å². The fourth-order valence-electron chi connectivity index (χ4n) is 3.98. The topological polar surface area (TPSA) is 72.2 Å². The van der Waals surface area contributed by atoms with Crippen molar-refractivity contribution in [1.29, 1.82) is 0 Å². The molecule has 1 heterocycles. The van der Waals surface area contributed by atoms with Crippen molar-refractivity contribution in [3.63, 3.8) is 0 Å². The van der Waals surface area contributed by atoms with Crippen LogP contribution in [0.1, 0.15) is 66.4 Å². The van der Waals surface area contributed by atoms with E-state index in [0.29, 0.717) is 29.3 Å². The molecule has 0 aliphatic heterocycles. The van der Waals surface area contributed by atoms with Crippen LogP contribution in [-0.2, 0) is 24.1 Å². The summed E-state index contributed by atoms with van der Waals surface area (Å²) in [6.45, 7) is 6.87. The smallest absolute Gasteiger partial charge is 0.251 e. The number of rotatable bonds is 7. The van der Waals surface area contributed by atoms with Crippen LogP contribution in [0.2, 0.25) is 0 Å². The summed E-state index contributed by atoms with van der Waals surface area (Å²) in [5, 5.41) is 3.60. The lowest BCUT2D eigenvalue weighted by Crippen LogP contribution is -2.29. The number of hydrogen-bond acceptors (Lipinski definition) is 3. The Hall–Kier alpha value is -2.14. The van der Waals surface area contributed by atoms with Gasteiger partial charge in [0.05, 0.1) is 5.56 Å². The van der Waals surface area contributed by atoms with Crippen molar-refractivity contribution >= 4 is 28.2 Å². The number of anilines is 1. The fourth-order valence-corrected chi connectivity index (χ4v) is 5.33. The van der Waals surface area contributed by atoms with E-state index in [1.807, 2.05) is 30.3 Å². The van der Waals surface area contributed by atoms with Crippen LogP contribution in [0, 0.1) is 11.3 Å². The van der Waals surface area contributed by atoms with Crippen molar-refractivity contribution in [2.75, 3.05) is 5.32 Å². The standard InChI is InChI=1S/C23H30N2O2S/c1-4-23(2,3)16-11-12-17-18(14-16)28-22(20(17)21(24)27)25-19(26)13-10-15-8-6-5-7-9-15/h5-9,16H,4,10-14H2,1-3H3,(H2,24,27)(H,25,26). The van der Waals surface area contributed by atoms with Crippen molar-refractivity contribution in [2.24, 2.45) is 17.1 Å². The normalized spacial score (nSPS) is 16.5. The third-order valence-electron chi connectivity index (χ3n) is 6.26.